The van der Waals surface area contributed by atoms with Crippen LogP contribution in [0.5, 0.6) is 0 Å². The standard InChI is InChI=1S/C27H28ClFN6O.C7H8O3S/c1-5-25(36)33-23-16-20-24(30-17-31-26(20)32-19-6-7-22(29)21(28)15-19)14-18(23)8-9-27(2,3)35-12-10-34(4)11-13-35;1-6-2-4-7(5-3-6)11(8,9)10/h5-7,14-17H,1,10-13H2,2-4H3,(H,33,36)(H,30,31,32);2-5H,1H3,(H,8,9,10). The van der Waals surface area contributed by atoms with Crippen molar-refractivity contribution in [3.05, 3.63) is 95.5 Å². The maximum Gasteiger partial charge on any atom is 0.294 e. The average Bonchev–Trinajstić information content (AvgIpc) is 3.02. The Morgan fingerprint density at radius 3 is 2.38 bits per heavy atom. The number of aryl methyl sites for hydroxylation is 1. The molecule has 1 saturated heterocycles. The van der Waals surface area contributed by atoms with Crippen LogP contribution in [0.15, 0.2) is 78.5 Å². The van der Waals surface area contributed by atoms with Gasteiger partial charge in [0.2, 0.25) is 5.91 Å². The lowest BCUT2D eigenvalue weighted by atomic mass is 10.0. The van der Waals surface area contributed by atoms with Gasteiger partial charge in [-0.1, -0.05) is 47.7 Å². The second-order valence-electron chi connectivity index (χ2n) is 11.5. The average molecular weight is 679 g/mol. The molecule has 1 aromatic heterocycles. The molecule has 0 unspecified atom stereocenters. The Bertz CT molecular complexity index is 1950. The van der Waals surface area contributed by atoms with Gasteiger partial charge in [-0.05, 0) is 76.4 Å². The van der Waals surface area contributed by atoms with Gasteiger partial charge in [0.05, 0.1) is 32.2 Å². The Labute approximate surface area is 279 Å². The van der Waals surface area contributed by atoms with E-state index >= 15 is 0 Å². The first-order valence-corrected chi connectivity index (χ1v) is 16.4. The largest absolute Gasteiger partial charge is 0.340 e. The molecule has 13 heteroatoms. The Balaban J connectivity index is 0.000000385. The number of nitrogens with zero attached hydrogens (tertiary/aromatic N) is 4. The summed E-state index contributed by atoms with van der Waals surface area (Å²) < 4.78 is 43.1. The number of rotatable bonds is 6. The number of carbonyl (C=O) groups is 1. The maximum absolute atomic E-state index is 13.6. The van der Waals surface area contributed by atoms with Crippen molar-refractivity contribution < 1.29 is 22.2 Å². The summed E-state index contributed by atoms with van der Waals surface area (Å²) >= 11 is 5.93. The topological polar surface area (TPSA) is 128 Å². The molecule has 1 aliphatic heterocycles. The van der Waals surface area contributed by atoms with Gasteiger partial charge in [-0.15, -0.1) is 0 Å². The first kappa shape index (κ1) is 35.5. The van der Waals surface area contributed by atoms with Gasteiger partial charge in [-0.3, -0.25) is 14.2 Å². The van der Waals surface area contributed by atoms with E-state index in [-0.39, 0.29) is 21.4 Å². The van der Waals surface area contributed by atoms with Crippen LogP contribution in [-0.2, 0) is 14.9 Å². The fourth-order valence-corrected chi connectivity index (χ4v) is 5.34. The Hall–Kier alpha value is -4.38. The van der Waals surface area contributed by atoms with Crippen molar-refractivity contribution in [2.24, 2.45) is 0 Å². The van der Waals surface area contributed by atoms with E-state index < -0.39 is 15.9 Å². The molecule has 0 spiro atoms. The summed E-state index contributed by atoms with van der Waals surface area (Å²) in [4.78, 5) is 25.5. The van der Waals surface area contributed by atoms with E-state index in [1.807, 2.05) is 13.0 Å². The van der Waals surface area contributed by atoms with Crippen LogP contribution in [0.4, 0.5) is 21.6 Å². The van der Waals surface area contributed by atoms with E-state index in [2.05, 4.69) is 69.7 Å². The minimum absolute atomic E-state index is 0.00202. The number of likely N-dealkylation sites (N-methyl/N-ethyl adjacent to an activating group) is 1. The van der Waals surface area contributed by atoms with Gasteiger partial charge in [0.1, 0.15) is 18.0 Å². The second kappa shape index (κ2) is 15.0. The van der Waals surface area contributed by atoms with Crippen LogP contribution < -0.4 is 10.6 Å². The van der Waals surface area contributed by atoms with Crippen molar-refractivity contribution in [3.8, 4) is 11.8 Å². The Morgan fingerprint density at radius 1 is 1.09 bits per heavy atom. The molecule has 0 bridgehead atoms. The number of halogens is 2. The third-order valence-electron chi connectivity index (χ3n) is 7.52. The molecule has 246 valence electrons. The molecule has 10 nitrogen and oxygen atoms in total. The fourth-order valence-electron chi connectivity index (χ4n) is 4.68. The summed E-state index contributed by atoms with van der Waals surface area (Å²) in [6.45, 7) is 13.5. The van der Waals surface area contributed by atoms with Crippen LogP contribution >= 0.6 is 11.6 Å². The second-order valence-corrected chi connectivity index (χ2v) is 13.3. The maximum atomic E-state index is 13.6. The lowest BCUT2D eigenvalue weighted by Crippen LogP contribution is -2.53. The molecular formula is C34H36ClFN6O4S. The molecule has 0 radical (unpaired) electrons. The molecule has 0 atom stereocenters. The highest BCUT2D eigenvalue weighted by Gasteiger charge is 2.27. The van der Waals surface area contributed by atoms with Gasteiger partial charge in [0.15, 0.2) is 0 Å². The van der Waals surface area contributed by atoms with Crippen LogP contribution in [0, 0.1) is 24.6 Å². The number of carbonyl (C=O) groups excluding carboxylic acids is 1. The monoisotopic (exact) mass is 678 g/mol. The molecule has 2 heterocycles. The summed E-state index contributed by atoms with van der Waals surface area (Å²) in [5.41, 5.74) is 2.96. The van der Waals surface area contributed by atoms with E-state index in [4.69, 9.17) is 16.2 Å². The molecule has 5 rings (SSSR count). The third kappa shape index (κ3) is 9.57. The first-order valence-electron chi connectivity index (χ1n) is 14.6. The van der Waals surface area contributed by atoms with Crippen LogP contribution in [0.25, 0.3) is 10.9 Å². The molecule has 3 aromatic carbocycles. The summed E-state index contributed by atoms with van der Waals surface area (Å²) in [6, 6.07) is 13.9. The highest BCUT2D eigenvalue weighted by molar-refractivity contribution is 7.85. The van der Waals surface area contributed by atoms with Crippen molar-refractivity contribution >= 4 is 55.7 Å². The molecule has 3 N–H and O–H groups in total. The molecule has 47 heavy (non-hydrogen) atoms. The third-order valence-corrected chi connectivity index (χ3v) is 8.67. The molecular weight excluding hydrogens is 643 g/mol. The zero-order valence-electron chi connectivity index (χ0n) is 26.5. The van der Waals surface area contributed by atoms with Gasteiger partial charge >= 0.3 is 0 Å². The number of hydrogen-bond donors (Lipinski definition) is 3. The number of fused-ring (bicyclic) bond motifs is 1. The van der Waals surface area contributed by atoms with Crippen molar-refractivity contribution in [2.45, 2.75) is 31.2 Å². The van der Waals surface area contributed by atoms with E-state index in [0.29, 0.717) is 33.7 Å². The minimum Gasteiger partial charge on any atom is -0.340 e. The van der Waals surface area contributed by atoms with Crippen LogP contribution in [-0.4, -0.2) is 77.4 Å². The first-order chi connectivity index (χ1) is 22.2. The molecule has 4 aromatic rings. The highest BCUT2D eigenvalue weighted by atomic mass is 35.5. The van der Waals surface area contributed by atoms with Crippen LogP contribution in [0.3, 0.4) is 0 Å². The summed E-state index contributed by atoms with van der Waals surface area (Å²) in [5, 5.41) is 6.65. The van der Waals surface area contributed by atoms with E-state index in [9.17, 15) is 17.6 Å². The number of benzene rings is 3. The van der Waals surface area contributed by atoms with Crippen molar-refractivity contribution in [1.29, 1.82) is 0 Å². The zero-order valence-corrected chi connectivity index (χ0v) is 28.1. The number of nitrogens with one attached hydrogen (secondary N) is 2. The molecule has 0 aliphatic carbocycles. The number of anilines is 3. The van der Waals surface area contributed by atoms with Gasteiger partial charge in [0, 0.05) is 37.3 Å². The predicted molar refractivity (Wildman–Crippen MR) is 184 cm³/mol. The number of hydrogen-bond acceptors (Lipinski definition) is 8. The van der Waals surface area contributed by atoms with Crippen molar-refractivity contribution in [1.82, 2.24) is 19.8 Å². The van der Waals surface area contributed by atoms with Crippen LogP contribution in [0.1, 0.15) is 25.0 Å². The van der Waals surface area contributed by atoms with Crippen LogP contribution in [0.2, 0.25) is 5.02 Å². The normalized spacial score (nSPS) is 13.9. The molecule has 1 aliphatic rings. The molecule has 1 amide bonds. The summed E-state index contributed by atoms with van der Waals surface area (Å²) in [5.74, 6) is 6.28. The van der Waals surface area contributed by atoms with Gasteiger partial charge < -0.3 is 15.5 Å². The van der Waals surface area contributed by atoms with E-state index in [0.717, 1.165) is 31.7 Å². The van der Waals surface area contributed by atoms with E-state index in [1.165, 1.54) is 36.7 Å². The summed E-state index contributed by atoms with van der Waals surface area (Å²) in [6.07, 6.45) is 2.64. The predicted octanol–water partition coefficient (Wildman–Crippen LogP) is 5.91. The van der Waals surface area contributed by atoms with Crippen molar-refractivity contribution in [3.63, 3.8) is 0 Å². The molecule has 0 saturated carbocycles. The smallest absolute Gasteiger partial charge is 0.294 e. The van der Waals surface area contributed by atoms with Crippen molar-refractivity contribution in [2.75, 3.05) is 43.9 Å². The van der Waals surface area contributed by atoms with E-state index in [1.54, 1.807) is 24.3 Å². The Kier molecular flexibility index (Phi) is 11.3. The number of aromatic nitrogens is 2. The van der Waals surface area contributed by atoms with Gasteiger partial charge in [-0.25, -0.2) is 14.4 Å². The number of amides is 1. The minimum atomic E-state index is -4.02. The molecule has 1 fully saturated rings. The highest BCUT2D eigenvalue weighted by Crippen LogP contribution is 2.30. The lowest BCUT2D eigenvalue weighted by molar-refractivity contribution is -0.111. The Morgan fingerprint density at radius 2 is 1.77 bits per heavy atom. The zero-order chi connectivity index (χ0) is 34.4. The fraction of sp³-hybridized carbons (Fsp3) is 0.265. The lowest BCUT2D eigenvalue weighted by Gasteiger charge is -2.40. The summed E-state index contributed by atoms with van der Waals surface area (Å²) in [7, 11) is -1.90. The SMILES string of the molecule is C=CC(=O)Nc1cc2c(Nc3ccc(F)c(Cl)c3)ncnc2cc1C#CC(C)(C)N1CCN(C)CC1.Cc1ccc(S(=O)(=O)O)cc1. The quantitative estimate of drug-likeness (QED) is 0.130. The van der Waals surface area contributed by atoms with Gasteiger partial charge in [-0.2, -0.15) is 8.42 Å². The van der Waals surface area contributed by atoms with Gasteiger partial charge in [0.25, 0.3) is 10.1 Å². The number of piperazine rings is 1.